The summed E-state index contributed by atoms with van der Waals surface area (Å²) in [6, 6.07) is 15.8. The van der Waals surface area contributed by atoms with Crippen molar-refractivity contribution < 1.29 is 18.7 Å². The number of nitrogens with one attached hydrogen (secondary N) is 1. The summed E-state index contributed by atoms with van der Waals surface area (Å²) in [5.41, 5.74) is 2.42. The number of rotatable bonds is 5. The number of hydrogen-bond acceptors (Lipinski definition) is 4. The molecular weight excluding hydrogens is 548 g/mol. The lowest BCUT2D eigenvalue weighted by Crippen LogP contribution is -2.52. The second-order valence-corrected chi connectivity index (χ2v) is 11.3. The van der Waals surface area contributed by atoms with E-state index in [1.54, 1.807) is 6.92 Å². The number of anilines is 1. The largest absolute Gasteiger partial charge is 0.485 e. The third kappa shape index (κ3) is 5.82. The van der Waals surface area contributed by atoms with Gasteiger partial charge in [-0.3, -0.25) is 9.59 Å². The van der Waals surface area contributed by atoms with Crippen LogP contribution in [0.4, 0.5) is 10.1 Å². The van der Waals surface area contributed by atoms with Gasteiger partial charge >= 0.3 is 0 Å². The Kier molecular flexibility index (Phi) is 7.35. The van der Waals surface area contributed by atoms with Gasteiger partial charge in [0.15, 0.2) is 3.68 Å². The van der Waals surface area contributed by atoms with Gasteiger partial charge in [-0.2, -0.15) is 0 Å². The Morgan fingerprint density at radius 3 is 2.53 bits per heavy atom. The van der Waals surface area contributed by atoms with Crippen LogP contribution in [0.25, 0.3) is 0 Å². The van der Waals surface area contributed by atoms with Gasteiger partial charge in [-0.1, -0.05) is 36.4 Å². The van der Waals surface area contributed by atoms with E-state index in [1.165, 1.54) is 6.92 Å². The summed E-state index contributed by atoms with van der Waals surface area (Å²) in [7, 11) is 0. The normalized spacial score (nSPS) is 18.9. The van der Waals surface area contributed by atoms with Gasteiger partial charge in [0, 0.05) is 52.4 Å². The van der Waals surface area contributed by atoms with Gasteiger partial charge in [0.2, 0.25) is 11.8 Å². The maximum atomic E-state index is 14.5. The number of alkyl halides is 2. The van der Waals surface area contributed by atoms with E-state index < -0.39 is 3.68 Å². The van der Waals surface area contributed by atoms with Crippen LogP contribution in [0.1, 0.15) is 44.2 Å². The Bertz CT molecular complexity index is 1050. The summed E-state index contributed by atoms with van der Waals surface area (Å²) in [5.74, 6) is 0.583. The number of halogens is 2. The number of amides is 2. The lowest BCUT2D eigenvalue weighted by atomic mass is 9.87. The quantitative estimate of drug-likeness (QED) is 0.417. The Labute approximate surface area is 214 Å². The van der Waals surface area contributed by atoms with E-state index >= 15 is 0 Å². The fourth-order valence-corrected chi connectivity index (χ4v) is 5.04. The predicted molar refractivity (Wildman–Crippen MR) is 139 cm³/mol. The van der Waals surface area contributed by atoms with Crippen molar-refractivity contribution in [1.29, 1.82) is 0 Å². The van der Waals surface area contributed by atoms with Crippen LogP contribution in [0.2, 0.25) is 0 Å². The molecule has 1 saturated heterocycles. The number of fused-ring (bicyclic) bond motifs is 1. The molecule has 6 nitrogen and oxygen atoms in total. The molecule has 2 aliphatic heterocycles. The number of carbonyl (C=O) groups is 2. The molecule has 2 aliphatic rings. The topological polar surface area (TPSA) is 61.9 Å². The predicted octanol–water partition coefficient (Wildman–Crippen LogP) is 4.55. The first-order chi connectivity index (χ1) is 16.2. The fraction of sp³-hybridized carbons (Fsp3) is 0.462. The van der Waals surface area contributed by atoms with E-state index in [4.69, 9.17) is 4.74 Å². The van der Waals surface area contributed by atoms with Crippen molar-refractivity contribution in [1.82, 2.24) is 10.2 Å². The van der Waals surface area contributed by atoms with Crippen LogP contribution in [-0.2, 0) is 19.8 Å². The van der Waals surface area contributed by atoms with Gasteiger partial charge in [0.05, 0.1) is 12.2 Å². The smallest absolute Gasteiger partial charge is 0.241 e. The lowest BCUT2D eigenvalue weighted by molar-refractivity contribution is -0.135. The molecule has 0 aliphatic carbocycles. The molecule has 0 radical (unpaired) electrons. The summed E-state index contributed by atoms with van der Waals surface area (Å²) in [4.78, 5) is 27.7. The van der Waals surface area contributed by atoms with Crippen LogP contribution in [-0.4, -0.2) is 48.5 Å². The number of ether oxygens (including phenoxy) is 1. The Morgan fingerprint density at radius 1 is 1.12 bits per heavy atom. The Balaban J connectivity index is 1.48. The standard InChI is InChI=1S/C26H31FIN3O3/c1-19(32)29-17-24(33)30-13-10-26(11-14-30)12-15-31(22-8-3-4-9-23(22)34-26)18-20-6-5-7-21(16-20)25(2,27)28/h3-9,16H,10-15,17-18H2,1-2H3,(H,29,32). The van der Waals surface area contributed by atoms with Gasteiger partial charge in [-0.25, -0.2) is 4.39 Å². The zero-order chi connectivity index (χ0) is 24.3. The lowest BCUT2D eigenvalue weighted by Gasteiger charge is -2.41. The van der Waals surface area contributed by atoms with Gasteiger partial charge < -0.3 is 19.9 Å². The number of benzene rings is 2. The Hall–Kier alpha value is -2.36. The first-order valence-corrected chi connectivity index (χ1v) is 12.8. The summed E-state index contributed by atoms with van der Waals surface area (Å²) in [6.45, 7) is 5.69. The number of piperidine rings is 1. The average Bonchev–Trinajstić information content (AvgIpc) is 2.95. The van der Waals surface area contributed by atoms with Crippen LogP contribution in [0.3, 0.4) is 0 Å². The highest BCUT2D eigenvalue weighted by Gasteiger charge is 2.40. The molecule has 4 rings (SSSR count). The van der Waals surface area contributed by atoms with E-state index in [0.29, 0.717) is 25.2 Å². The minimum Gasteiger partial charge on any atom is -0.485 e. The maximum Gasteiger partial charge on any atom is 0.241 e. The van der Waals surface area contributed by atoms with Crippen LogP contribution in [0, 0.1) is 0 Å². The van der Waals surface area contributed by atoms with E-state index in [2.05, 4.69) is 16.3 Å². The van der Waals surface area contributed by atoms with Crippen LogP contribution >= 0.6 is 22.6 Å². The molecule has 2 amide bonds. The van der Waals surface area contributed by atoms with Crippen molar-refractivity contribution in [3.8, 4) is 5.75 Å². The first-order valence-electron chi connectivity index (χ1n) is 11.7. The van der Waals surface area contributed by atoms with E-state index in [1.807, 2.05) is 70.0 Å². The van der Waals surface area contributed by atoms with Crippen molar-refractivity contribution in [2.75, 3.05) is 31.1 Å². The third-order valence-corrected chi connectivity index (χ3v) is 7.32. The van der Waals surface area contributed by atoms with Gasteiger partial charge in [0.25, 0.3) is 0 Å². The monoisotopic (exact) mass is 579 g/mol. The molecule has 182 valence electrons. The number of likely N-dealkylation sites (tertiary alicyclic amines) is 1. The van der Waals surface area contributed by atoms with E-state index in [0.717, 1.165) is 42.8 Å². The molecule has 0 saturated carbocycles. The highest BCUT2D eigenvalue weighted by molar-refractivity contribution is 14.1. The molecule has 0 aromatic heterocycles. The molecule has 2 aromatic carbocycles. The minimum atomic E-state index is -1.41. The number of nitrogens with zero attached hydrogens (tertiary/aromatic N) is 2. The molecule has 2 aromatic rings. The maximum absolute atomic E-state index is 14.5. The van der Waals surface area contributed by atoms with Gasteiger partial charge in [-0.05, 0) is 52.8 Å². The zero-order valence-corrected chi connectivity index (χ0v) is 21.8. The molecule has 2 heterocycles. The number of para-hydroxylation sites is 2. The molecular formula is C26H31FIN3O3. The van der Waals surface area contributed by atoms with Crippen LogP contribution in [0.5, 0.6) is 5.75 Å². The highest BCUT2D eigenvalue weighted by Crippen LogP contribution is 2.41. The molecule has 1 unspecified atom stereocenters. The van der Waals surface area contributed by atoms with Gasteiger partial charge in [-0.15, -0.1) is 0 Å². The van der Waals surface area contributed by atoms with Crippen molar-refractivity contribution >= 4 is 40.1 Å². The molecule has 8 heteroatoms. The van der Waals surface area contributed by atoms with Gasteiger partial charge in [0.1, 0.15) is 11.4 Å². The molecule has 1 fully saturated rings. The second kappa shape index (κ2) is 10.1. The number of hydrogen-bond donors (Lipinski definition) is 1. The van der Waals surface area contributed by atoms with Crippen molar-refractivity contribution in [3.63, 3.8) is 0 Å². The van der Waals surface area contributed by atoms with Crippen molar-refractivity contribution in [2.45, 2.75) is 48.9 Å². The second-order valence-electron chi connectivity index (χ2n) is 9.30. The minimum absolute atomic E-state index is 0.0357. The van der Waals surface area contributed by atoms with Crippen LogP contribution in [0.15, 0.2) is 48.5 Å². The van der Waals surface area contributed by atoms with Crippen LogP contribution < -0.4 is 15.0 Å². The summed E-state index contributed by atoms with van der Waals surface area (Å²) >= 11 is 1.83. The highest BCUT2D eigenvalue weighted by atomic mass is 127. The molecule has 1 spiro atoms. The molecule has 1 atom stereocenters. The average molecular weight is 579 g/mol. The zero-order valence-electron chi connectivity index (χ0n) is 19.7. The molecule has 0 bridgehead atoms. The Morgan fingerprint density at radius 2 is 1.82 bits per heavy atom. The van der Waals surface area contributed by atoms with Crippen molar-refractivity contribution in [3.05, 3.63) is 59.7 Å². The van der Waals surface area contributed by atoms with E-state index in [-0.39, 0.29) is 24.0 Å². The van der Waals surface area contributed by atoms with Crippen molar-refractivity contribution in [2.24, 2.45) is 0 Å². The summed E-state index contributed by atoms with van der Waals surface area (Å²) < 4.78 is 19.7. The first kappa shape index (κ1) is 24.8. The number of carbonyl (C=O) groups excluding carboxylic acids is 2. The molecule has 34 heavy (non-hydrogen) atoms. The van der Waals surface area contributed by atoms with E-state index in [9.17, 15) is 14.0 Å². The fourth-order valence-electron chi connectivity index (χ4n) is 4.70. The summed E-state index contributed by atoms with van der Waals surface area (Å²) in [6.07, 6.45) is 2.32. The summed E-state index contributed by atoms with van der Waals surface area (Å²) in [5, 5.41) is 2.59. The third-order valence-electron chi connectivity index (χ3n) is 6.69. The molecule has 1 N–H and O–H groups in total. The SMILES string of the molecule is CC(=O)NCC(=O)N1CCC2(CC1)CCN(Cc1cccc(C(C)(F)I)c1)c1ccccc1O2.